The van der Waals surface area contributed by atoms with Crippen molar-refractivity contribution in [3.8, 4) is 0 Å². The third kappa shape index (κ3) is 3.11. The van der Waals surface area contributed by atoms with Crippen LogP contribution >= 0.6 is 11.6 Å². The zero-order valence-corrected chi connectivity index (χ0v) is 13.2. The van der Waals surface area contributed by atoms with E-state index in [1.165, 1.54) is 23.1 Å². The van der Waals surface area contributed by atoms with E-state index < -0.39 is 11.7 Å². The highest BCUT2D eigenvalue weighted by Gasteiger charge is 2.37. The van der Waals surface area contributed by atoms with Crippen LogP contribution in [-0.4, -0.2) is 25.4 Å². The summed E-state index contributed by atoms with van der Waals surface area (Å²) >= 11 is 5.89. The van der Waals surface area contributed by atoms with Crippen LogP contribution in [0.25, 0.3) is 0 Å². The maximum Gasteiger partial charge on any atom is 0.303 e. The number of hydrogen-bond donors (Lipinski definition) is 1. The molecule has 1 N–H and O–H groups in total. The number of halogens is 2. The van der Waals surface area contributed by atoms with Crippen molar-refractivity contribution in [1.29, 1.82) is 0 Å². The molecular formula is C17H15ClFN2O2+. The van der Waals surface area contributed by atoms with Crippen molar-refractivity contribution in [2.45, 2.75) is 6.54 Å². The molecule has 1 heterocycles. The molecular weight excluding hydrogens is 319 g/mol. The van der Waals surface area contributed by atoms with Gasteiger partial charge in [-0.05, 0) is 30.3 Å². The summed E-state index contributed by atoms with van der Waals surface area (Å²) in [5.41, 5.74) is 1.74. The summed E-state index contributed by atoms with van der Waals surface area (Å²) < 4.78 is 13.2. The number of fused-ring (bicyclic) bond motifs is 1. The maximum atomic E-state index is 13.2. The zero-order chi connectivity index (χ0) is 16.6. The van der Waals surface area contributed by atoms with Crippen molar-refractivity contribution in [2.75, 3.05) is 18.6 Å². The van der Waals surface area contributed by atoms with Crippen molar-refractivity contribution in [2.24, 2.45) is 0 Å². The normalized spacial score (nSPS) is 15.0. The first kappa shape index (κ1) is 15.6. The van der Waals surface area contributed by atoms with Gasteiger partial charge in [-0.25, -0.2) is 4.39 Å². The molecule has 1 aliphatic rings. The highest BCUT2D eigenvalue weighted by Crippen LogP contribution is 2.30. The van der Waals surface area contributed by atoms with E-state index in [4.69, 9.17) is 11.6 Å². The van der Waals surface area contributed by atoms with Crippen LogP contribution in [0.5, 0.6) is 0 Å². The van der Waals surface area contributed by atoms with Crippen LogP contribution in [0.15, 0.2) is 42.5 Å². The Morgan fingerprint density at radius 3 is 2.70 bits per heavy atom. The van der Waals surface area contributed by atoms with E-state index in [2.05, 4.69) is 0 Å². The number of nitrogens with one attached hydrogen (secondary N) is 1. The molecule has 23 heavy (non-hydrogen) atoms. The number of rotatable bonds is 4. The van der Waals surface area contributed by atoms with Gasteiger partial charge in [0.1, 0.15) is 12.4 Å². The number of hydrogen-bond acceptors (Lipinski definition) is 2. The fourth-order valence-corrected chi connectivity index (χ4v) is 2.92. The Kier molecular flexibility index (Phi) is 4.15. The van der Waals surface area contributed by atoms with Gasteiger partial charge in [-0.1, -0.05) is 23.7 Å². The van der Waals surface area contributed by atoms with Gasteiger partial charge >= 0.3 is 5.91 Å². The van der Waals surface area contributed by atoms with E-state index in [-0.39, 0.29) is 5.82 Å². The van der Waals surface area contributed by atoms with Crippen LogP contribution in [0.3, 0.4) is 0 Å². The lowest BCUT2D eigenvalue weighted by Gasteiger charge is -2.21. The summed E-state index contributed by atoms with van der Waals surface area (Å²) in [7, 11) is 1.89. The standard InChI is InChI=1S/C17H14ClFN2O2/c1-20(9-11-3-2-4-13(19)7-11)10-21-15-6-5-12(18)8-14(15)16(22)17(21)23/h2-8H,9-10H2,1H3/p+1. The van der Waals surface area contributed by atoms with Gasteiger partial charge in [0.15, 0.2) is 6.67 Å². The summed E-state index contributed by atoms with van der Waals surface area (Å²) in [5.74, 6) is -1.38. The quantitative estimate of drug-likeness (QED) is 0.865. The van der Waals surface area contributed by atoms with E-state index in [0.29, 0.717) is 29.5 Å². The molecule has 0 fully saturated rings. The van der Waals surface area contributed by atoms with Gasteiger partial charge in [-0.3, -0.25) is 14.5 Å². The zero-order valence-electron chi connectivity index (χ0n) is 12.5. The molecule has 1 atom stereocenters. The van der Waals surface area contributed by atoms with Gasteiger partial charge in [0.25, 0.3) is 5.78 Å². The molecule has 1 amide bonds. The number of nitrogens with zero attached hydrogens (tertiary/aromatic N) is 1. The van der Waals surface area contributed by atoms with E-state index in [1.807, 2.05) is 13.1 Å². The molecule has 3 rings (SSSR count). The van der Waals surface area contributed by atoms with Gasteiger partial charge in [-0.2, -0.15) is 0 Å². The van der Waals surface area contributed by atoms with Crippen LogP contribution < -0.4 is 9.80 Å². The number of Topliss-reactive ketones (excluding diaryl/α,β-unsaturated/α-hetero) is 1. The molecule has 0 saturated carbocycles. The second-order valence-corrected chi connectivity index (χ2v) is 6.08. The monoisotopic (exact) mass is 333 g/mol. The Balaban J connectivity index is 1.78. The number of benzene rings is 2. The van der Waals surface area contributed by atoms with Crippen molar-refractivity contribution in [3.63, 3.8) is 0 Å². The highest BCUT2D eigenvalue weighted by molar-refractivity contribution is 6.52. The average molecular weight is 334 g/mol. The van der Waals surface area contributed by atoms with Crippen LogP contribution in [0.1, 0.15) is 15.9 Å². The van der Waals surface area contributed by atoms with Gasteiger partial charge in [0.05, 0.1) is 18.3 Å². The SMILES string of the molecule is C[NH+](Cc1cccc(F)c1)CN1C(=O)C(=O)c2cc(Cl)ccc21. The minimum Gasteiger partial charge on any atom is -0.316 e. The van der Waals surface area contributed by atoms with Crippen molar-refractivity contribution in [3.05, 3.63) is 64.4 Å². The van der Waals surface area contributed by atoms with Crippen LogP contribution in [0, 0.1) is 5.82 Å². The predicted octanol–water partition coefficient (Wildman–Crippen LogP) is 1.68. The van der Waals surface area contributed by atoms with Gasteiger partial charge < -0.3 is 4.90 Å². The molecule has 0 aliphatic carbocycles. The second-order valence-electron chi connectivity index (χ2n) is 5.65. The van der Waals surface area contributed by atoms with Gasteiger partial charge in [-0.15, -0.1) is 0 Å². The Morgan fingerprint density at radius 1 is 1.17 bits per heavy atom. The smallest absolute Gasteiger partial charge is 0.303 e. The molecule has 1 aliphatic heterocycles. The Hall–Kier alpha value is -2.24. The van der Waals surface area contributed by atoms with E-state index in [1.54, 1.807) is 18.2 Å². The molecule has 0 radical (unpaired) electrons. The molecule has 6 heteroatoms. The summed E-state index contributed by atoms with van der Waals surface area (Å²) in [6.07, 6.45) is 0. The second kappa shape index (κ2) is 6.10. The van der Waals surface area contributed by atoms with E-state index in [9.17, 15) is 14.0 Å². The number of amides is 1. The van der Waals surface area contributed by atoms with Crippen LogP contribution in [0.4, 0.5) is 10.1 Å². The number of carbonyl (C=O) groups excluding carboxylic acids is 2. The molecule has 0 spiro atoms. The van der Waals surface area contributed by atoms with Crippen molar-refractivity contribution >= 4 is 29.0 Å². The van der Waals surface area contributed by atoms with E-state index in [0.717, 1.165) is 10.5 Å². The fourth-order valence-electron chi connectivity index (χ4n) is 2.75. The first-order valence-corrected chi connectivity index (χ1v) is 7.55. The highest BCUT2D eigenvalue weighted by atomic mass is 35.5. The predicted molar refractivity (Wildman–Crippen MR) is 85.1 cm³/mol. The number of ketones is 1. The largest absolute Gasteiger partial charge is 0.316 e. The summed E-state index contributed by atoms with van der Waals surface area (Å²) in [6, 6.07) is 11.2. The summed E-state index contributed by atoms with van der Waals surface area (Å²) in [5, 5.41) is 0.423. The minimum atomic E-state index is -0.555. The molecule has 4 nitrogen and oxygen atoms in total. The maximum absolute atomic E-state index is 13.2. The Bertz CT molecular complexity index is 794. The van der Waals surface area contributed by atoms with E-state index >= 15 is 0 Å². The Labute approximate surface area is 138 Å². The summed E-state index contributed by atoms with van der Waals surface area (Å²) in [6.45, 7) is 0.856. The van der Waals surface area contributed by atoms with Crippen LogP contribution in [0.2, 0.25) is 5.02 Å². The number of quaternary nitrogens is 1. The average Bonchev–Trinajstić information content (AvgIpc) is 2.72. The Morgan fingerprint density at radius 2 is 1.96 bits per heavy atom. The first-order valence-electron chi connectivity index (χ1n) is 7.17. The molecule has 0 saturated heterocycles. The molecule has 2 aromatic rings. The van der Waals surface area contributed by atoms with Crippen molar-refractivity contribution in [1.82, 2.24) is 0 Å². The fraction of sp³-hybridized carbons (Fsp3) is 0.176. The lowest BCUT2D eigenvalue weighted by atomic mass is 10.1. The number of carbonyl (C=O) groups is 2. The lowest BCUT2D eigenvalue weighted by Crippen LogP contribution is -3.09. The first-order chi connectivity index (χ1) is 11.0. The minimum absolute atomic E-state index is 0.289. The molecule has 1 unspecified atom stereocenters. The molecule has 0 aromatic heterocycles. The van der Waals surface area contributed by atoms with Gasteiger partial charge in [0, 0.05) is 10.6 Å². The molecule has 118 valence electrons. The number of anilines is 1. The van der Waals surface area contributed by atoms with Crippen LogP contribution in [-0.2, 0) is 11.3 Å². The molecule has 0 bridgehead atoms. The summed E-state index contributed by atoms with van der Waals surface area (Å²) in [4.78, 5) is 26.6. The van der Waals surface area contributed by atoms with Crippen molar-refractivity contribution < 1.29 is 18.9 Å². The third-order valence-corrected chi connectivity index (χ3v) is 3.99. The third-order valence-electron chi connectivity index (χ3n) is 3.76. The molecule has 2 aromatic carbocycles. The topological polar surface area (TPSA) is 41.8 Å². The van der Waals surface area contributed by atoms with Gasteiger partial charge in [0.2, 0.25) is 0 Å². The lowest BCUT2D eigenvalue weighted by molar-refractivity contribution is -0.892.